The molecule has 0 bridgehead atoms. The number of phosphoric ester groups is 1. The summed E-state index contributed by atoms with van der Waals surface area (Å²) in [7, 11) is -23.1. The lowest BCUT2D eigenvalue weighted by Gasteiger charge is -2.33. The van der Waals surface area contributed by atoms with Crippen LogP contribution in [0.5, 0.6) is 0 Å². The van der Waals surface area contributed by atoms with E-state index in [-0.39, 0.29) is 52.7 Å². The number of nitrogen functional groups attached to an aromatic ring is 1. The molecular weight excluding hydrogens is 1080 g/mol. The average Bonchev–Trinajstić information content (AvgIpc) is 4.00. The first-order chi connectivity index (χ1) is 35.4. The molecule has 6 N–H and O–H groups in total. The number of carbonyl (C=O) groups excluding carboxylic acids is 2. The summed E-state index contributed by atoms with van der Waals surface area (Å²) in [6.07, 6.45) is 2.20. The number of aliphatic hydroxyl groups excluding tert-OH is 1. The van der Waals surface area contributed by atoms with Crippen molar-refractivity contribution in [1.82, 2.24) is 30.2 Å². The number of phosphoric acid groups is 3. The number of anilines is 2. The zero-order valence-electron chi connectivity index (χ0n) is 42.0. The Bertz CT molecular complexity index is 3250. The van der Waals surface area contributed by atoms with Gasteiger partial charge in [-0.2, -0.15) is 4.58 Å². The number of allylic oxidation sites excluding steroid dienone is 4. The van der Waals surface area contributed by atoms with E-state index in [1.807, 2.05) is 26.0 Å². The Balaban J connectivity index is 0.940. The number of imidazole rings is 1. The molecule has 3 aliphatic rings. The number of alkyl carbamates (subject to hydrolysis) is 1. The fourth-order valence-corrected chi connectivity index (χ4v) is 12.9. The van der Waals surface area contributed by atoms with Crippen molar-refractivity contribution in [3.63, 3.8) is 0 Å². The summed E-state index contributed by atoms with van der Waals surface area (Å²) in [5, 5.41) is 16.4. The fraction of sp³-hybridized carbons (Fsp3) is 0.467. The van der Waals surface area contributed by atoms with Crippen LogP contribution < -0.4 is 35.9 Å². The SMILES string of the molecule is CCN1C(=CC=CC2=[N+](CCCCCC(=O)NCCNC(=O)OC3[C@@H](COP(=O)([O-])OP(=O)([O-])OP(=O)([O-])O)O[C@@H](n4cnc5c(N)ncnc54)[C@H]3O)c3ccc(S(=O)(=O)[O-])cc3C2(C)C)C(C)(C)c2cc(C)ccc21. The molecule has 3 aliphatic heterocycles. The predicted molar refractivity (Wildman–Crippen MR) is 264 cm³/mol. The molecule has 2 aromatic carbocycles. The van der Waals surface area contributed by atoms with Crippen molar-refractivity contribution in [3.8, 4) is 0 Å². The number of hydrogen-bond donors (Lipinski definition) is 5. The second-order valence-corrected chi connectivity index (χ2v) is 24.7. The van der Waals surface area contributed by atoms with E-state index >= 15 is 0 Å². The molecule has 2 amide bonds. The number of nitrogens with one attached hydrogen (secondary N) is 2. The molecule has 0 spiro atoms. The smallest absolute Gasteiger partial charge is 0.407 e. The van der Waals surface area contributed by atoms with Crippen LogP contribution in [0, 0.1) is 6.92 Å². The van der Waals surface area contributed by atoms with E-state index in [4.69, 9.17) is 20.1 Å². The first kappa shape index (κ1) is 58.4. The highest BCUT2D eigenvalue weighted by atomic mass is 32.2. The van der Waals surface area contributed by atoms with Gasteiger partial charge < -0.3 is 64.5 Å². The molecule has 76 heavy (non-hydrogen) atoms. The first-order valence-corrected chi connectivity index (χ1v) is 29.5. The minimum absolute atomic E-state index is 0.0304. The van der Waals surface area contributed by atoms with Gasteiger partial charge in [0.2, 0.25) is 11.6 Å². The predicted octanol–water partition coefficient (Wildman–Crippen LogP) is 2.43. The minimum Gasteiger partial charge on any atom is -0.756 e. The van der Waals surface area contributed by atoms with Crippen LogP contribution in [0.4, 0.5) is 22.0 Å². The summed E-state index contributed by atoms with van der Waals surface area (Å²) in [4.78, 5) is 83.4. The summed E-state index contributed by atoms with van der Waals surface area (Å²) < 4.78 is 97.1. The first-order valence-electron chi connectivity index (χ1n) is 23.7. The standard InChI is InChI=1S/C45H60N9O18P3S/c1-7-52-31-17-15-27(2)22-29(31)44(3,4)34(52)12-11-13-35-45(5,6)30-23-28(76(65,66)67)16-18-32(30)53(35)21-10-8-9-14-36(55)47-19-20-48-43(57)70-39-33(24-68-74(61,62)72-75(63,64)71-73(58,59)60)69-42(38(39)56)54-26-51-37-40(46)49-25-50-41(37)54/h11-13,15-18,22-23,25-26,33,38-39,42,56H,7-10,14,19-21,24H2,1-6H3,(H8-,46,47,48,49,50,55,57,58,59,60,61,62,63,64,65,66,67)/p-3/t33-,38+,39?,42-/m1/s1. The Morgan fingerprint density at radius 2 is 1.68 bits per heavy atom. The van der Waals surface area contributed by atoms with Crippen LogP contribution in [0.1, 0.15) is 83.2 Å². The van der Waals surface area contributed by atoms with Crippen LogP contribution >= 0.6 is 23.5 Å². The monoisotopic (exact) mass is 1140 g/mol. The topological polar surface area (TPSA) is 398 Å². The number of aliphatic hydroxyl groups is 1. The Kier molecular flexibility index (Phi) is 17.4. The highest BCUT2D eigenvalue weighted by Crippen LogP contribution is 2.61. The van der Waals surface area contributed by atoms with Crippen LogP contribution in [0.3, 0.4) is 0 Å². The largest absolute Gasteiger partial charge is 0.756 e. The molecule has 4 unspecified atom stereocenters. The van der Waals surface area contributed by atoms with Gasteiger partial charge in [-0.1, -0.05) is 37.6 Å². The number of nitrogens with two attached hydrogens (primary N) is 1. The Morgan fingerprint density at radius 1 is 0.961 bits per heavy atom. The van der Waals surface area contributed by atoms with Crippen molar-refractivity contribution in [3.05, 3.63) is 89.7 Å². The normalized spacial score (nSPS) is 22.8. The van der Waals surface area contributed by atoms with E-state index < -0.39 is 76.2 Å². The second-order valence-electron chi connectivity index (χ2n) is 19.0. The van der Waals surface area contributed by atoms with E-state index in [2.05, 4.69) is 100 Å². The number of likely N-dealkylation sites (N-methyl/N-ethyl adjacent to an activating group) is 1. The Morgan fingerprint density at radius 3 is 2.38 bits per heavy atom. The van der Waals surface area contributed by atoms with Gasteiger partial charge in [-0.05, 0) is 70.4 Å². The van der Waals surface area contributed by atoms with Crippen molar-refractivity contribution in [2.45, 2.75) is 107 Å². The van der Waals surface area contributed by atoms with Gasteiger partial charge in [-0.3, -0.25) is 23.1 Å². The number of benzene rings is 2. The molecule has 31 heteroatoms. The van der Waals surface area contributed by atoms with Crippen molar-refractivity contribution in [2.75, 3.05) is 43.4 Å². The maximum absolute atomic E-state index is 13.0. The van der Waals surface area contributed by atoms with Gasteiger partial charge in [-0.15, -0.1) is 0 Å². The molecule has 1 fully saturated rings. The molecule has 7 atom stereocenters. The number of unbranched alkanes of at least 4 members (excludes halogenated alkanes) is 2. The third-order valence-corrected chi connectivity index (χ3v) is 17.6. The van der Waals surface area contributed by atoms with Gasteiger partial charge in [0.15, 0.2) is 29.5 Å². The molecular formula is C45H57N9O18P3S-3. The van der Waals surface area contributed by atoms with E-state index in [9.17, 15) is 56.0 Å². The molecule has 1 saturated heterocycles. The van der Waals surface area contributed by atoms with Gasteiger partial charge in [0.05, 0.1) is 23.2 Å². The Hall–Kier alpha value is -5.28. The van der Waals surface area contributed by atoms with E-state index in [1.165, 1.54) is 23.3 Å². The molecule has 0 saturated carbocycles. The zero-order chi connectivity index (χ0) is 55.8. The third-order valence-electron chi connectivity index (χ3n) is 13.0. The molecule has 5 heterocycles. The number of amides is 2. The lowest BCUT2D eigenvalue weighted by Crippen LogP contribution is -2.42. The number of fused-ring (bicyclic) bond motifs is 3. The van der Waals surface area contributed by atoms with Crippen LogP contribution in [-0.2, 0) is 62.1 Å². The number of rotatable bonds is 22. The summed E-state index contributed by atoms with van der Waals surface area (Å²) in [5.41, 5.74) is 12.0. The maximum Gasteiger partial charge on any atom is 0.407 e. The number of carbonyl (C=O) groups is 2. The number of aryl methyl sites for hydroxylation is 1. The third kappa shape index (κ3) is 13.2. The zero-order valence-corrected chi connectivity index (χ0v) is 45.5. The lowest BCUT2D eigenvalue weighted by molar-refractivity contribution is -0.438. The highest BCUT2D eigenvalue weighted by Gasteiger charge is 2.49. The lowest BCUT2D eigenvalue weighted by atomic mass is 9.81. The highest BCUT2D eigenvalue weighted by molar-refractivity contribution is 7.85. The van der Waals surface area contributed by atoms with Crippen molar-refractivity contribution >= 4 is 79.7 Å². The van der Waals surface area contributed by atoms with Gasteiger partial charge in [-0.25, -0.2) is 36.8 Å². The molecule has 0 radical (unpaired) electrons. The number of hydrogen-bond acceptors (Lipinski definition) is 22. The number of nitrogens with zero attached hydrogens (tertiary/aromatic N) is 6. The van der Waals surface area contributed by atoms with Gasteiger partial charge >= 0.3 is 6.09 Å². The molecule has 414 valence electrons. The van der Waals surface area contributed by atoms with E-state index in [0.717, 1.165) is 46.5 Å². The van der Waals surface area contributed by atoms with Crippen molar-refractivity contribution < 1.29 is 88.1 Å². The van der Waals surface area contributed by atoms with Crippen molar-refractivity contribution in [2.24, 2.45) is 0 Å². The number of ether oxygens (including phenoxy) is 2. The molecule has 27 nitrogen and oxygen atoms in total. The van der Waals surface area contributed by atoms with Gasteiger partial charge in [0.25, 0.3) is 23.5 Å². The Labute approximate surface area is 437 Å². The quantitative estimate of drug-likeness (QED) is 0.0326. The van der Waals surface area contributed by atoms with Crippen molar-refractivity contribution in [1.29, 1.82) is 0 Å². The summed E-state index contributed by atoms with van der Waals surface area (Å²) in [6.45, 7) is 12.3. The van der Waals surface area contributed by atoms with Crippen LogP contribution in [0.25, 0.3) is 11.2 Å². The molecule has 7 rings (SSSR count). The maximum atomic E-state index is 13.0. The summed E-state index contributed by atoms with van der Waals surface area (Å²) >= 11 is 0. The van der Waals surface area contributed by atoms with Crippen LogP contribution in [-0.4, -0.2) is 116 Å². The fourth-order valence-electron chi connectivity index (χ4n) is 9.50. The summed E-state index contributed by atoms with van der Waals surface area (Å²) in [5.74, 6) is -0.388. The van der Waals surface area contributed by atoms with E-state index in [1.54, 1.807) is 6.07 Å². The molecule has 2 aromatic heterocycles. The minimum atomic E-state index is -6.27. The summed E-state index contributed by atoms with van der Waals surface area (Å²) in [6, 6.07) is 10.9. The second kappa shape index (κ2) is 22.6. The van der Waals surface area contributed by atoms with Gasteiger partial charge in [0.1, 0.15) is 40.7 Å². The van der Waals surface area contributed by atoms with E-state index in [0.29, 0.717) is 31.4 Å². The van der Waals surface area contributed by atoms with Gasteiger partial charge in [0, 0.05) is 67.0 Å². The number of aromatic nitrogens is 4. The average molecular weight is 1140 g/mol. The van der Waals surface area contributed by atoms with Crippen LogP contribution in [0.15, 0.2) is 77.9 Å². The molecule has 4 aromatic rings. The molecule has 0 aliphatic carbocycles. The van der Waals surface area contributed by atoms with Crippen LogP contribution in [0.2, 0.25) is 0 Å².